The van der Waals surface area contributed by atoms with Gasteiger partial charge in [0.25, 0.3) is 0 Å². The fourth-order valence-corrected chi connectivity index (χ4v) is 3.05. The molecule has 194 valence electrons. The molecule has 0 aromatic carbocycles. The SMILES string of the molecule is CCCC(CCC)C(=O)OCCCCOC(=O)NCCCCCCNC(=O)OCC(O)CO. The average Bonchev–Trinajstić information content (AvgIpc) is 2.80. The number of rotatable bonds is 20. The third-order valence-electron chi connectivity index (χ3n) is 4.88. The number of carbonyl (C=O) groups excluding carboxylic acids is 3. The van der Waals surface area contributed by atoms with E-state index >= 15 is 0 Å². The lowest BCUT2D eigenvalue weighted by atomic mass is 9.99. The zero-order valence-electron chi connectivity index (χ0n) is 20.3. The van der Waals surface area contributed by atoms with Crippen molar-refractivity contribution >= 4 is 18.2 Å². The molecule has 1 unspecified atom stereocenters. The number of esters is 1. The van der Waals surface area contributed by atoms with Gasteiger partial charge in [-0.25, -0.2) is 9.59 Å². The first-order valence-electron chi connectivity index (χ1n) is 12.2. The second-order valence-electron chi connectivity index (χ2n) is 7.99. The number of ether oxygens (including phenoxy) is 3. The van der Waals surface area contributed by atoms with Gasteiger partial charge in [-0.05, 0) is 38.5 Å². The van der Waals surface area contributed by atoms with Crippen LogP contribution < -0.4 is 10.6 Å². The quantitative estimate of drug-likeness (QED) is 0.119. The molecule has 0 bridgehead atoms. The van der Waals surface area contributed by atoms with E-state index in [0.29, 0.717) is 32.5 Å². The van der Waals surface area contributed by atoms with Crippen LogP contribution in [-0.4, -0.2) is 74.0 Å². The molecule has 10 nitrogen and oxygen atoms in total. The van der Waals surface area contributed by atoms with Crippen LogP contribution in [0.15, 0.2) is 0 Å². The summed E-state index contributed by atoms with van der Waals surface area (Å²) in [7, 11) is 0. The molecule has 0 aliphatic carbocycles. The van der Waals surface area contributed by atoms with E-state index in [9.17, 15) is 14.4 Å². The smallest absolute Gasteiger partial charge is 0.407 e. The molecule has 0 saturated heterocycles. The van der Waals surface area contributed by atoms with Crippen LogP contribution in [0.5, 0.6) is 0 Å². The molecular weight excluding hydrogens is 432 g/mol. The van der Waals surface area contributed by atoms with E-state index in [2.05, 4.69) is 24.5 Å². The Hall–Kier alpha value is -2.07. The summed E-state index contributed by atoms with van der Waals surface area (Å²) < 4.78 is 15.2. The van der Waals surface area contributed by atoms with E-state index in [1.54, 1.807) is 0 Å². The molecule has 0 heterocycles. The van der Waals surface area contributed by atoms with Crippen LogP contribution >= 0.6 is 0 Å². The van der Waals surface area contributed by atoms with Crippen LogP contribution in [-0.2, 0) is 19.0 Å². The predicted molar refractivity (Wildman–Crippen MR) is 124 cm³/mol. The van der Waals surface area contributed by atoms with Gasteiger partial charge < -0.3 is 35.1 Å². The summed E-state index contributed by atoms with van der Waals surface area (Å²) in [6.45, 7) is 5.04. The van der Waals surface area contributed by atoms with Crippen molar-refractivity contribution in [3.8, 4) is 0 Å². The summed E-state index contributed by atoms with van der Waals surface area (Å²) in [4.78, 5) is 35.0. The number of carbonyl (C=O) groups is 3. The summed E-state index contributed by atoms with van der Waals surface area (Å²) >= 11 is 0. The van der Waals surface area contributed by atoms with Crippen LogP contribution in [0.4, 0.5) is 9.59 Å². The number of unbranched alkanes of at least 4 members (excludes halogenated alkanes) is 4. The summed E-state index contributed by atoms with van der Waals surface area (Å²) in [5.41, 5.74) is 0. The minimum absolute atomic E-state index is 0.00724. The van der Waals surface area contributed by atoms with E-state index in [4.69, 9.17) is 24.4 Å². The highest BCUT2D eigenvalue weighted by molar-refractivity contribution is 5.72. The number of nitrogens with one attached hydrogen (secondary N) is 2. The number of alkyl carbamates (subject to hydrolysis) is 2. The Bertz CT molecular complexity index is 513. The summed E-state index contributed by atoms with van der Waals surface area (Å²) in [5, 5.41) is 23.0. The van der Waals surface area contributed by atoms with Crippen LogP contribution in [0, 0.1) is 5.92 Å². The molecule has 0 rings (SSSR count). The van der Waals surface area contributed by atoms with Gasteiger partial charge in [0.1, 0.15) is 12.7 Å². The van der Waals surface area contributed by atoms with Gasteiger partial charge in [0, 0.05) is 13.1 Å². The van der Waals surface area contributed by atoms with Gasteiger partial charge in [-0.15, -0.1) is 0 Å². The third kappa shape index (κ3) is 19.1. The van der Waals surface area contributed by atoms with Crippen LogP contribution in [0.25, 0.3) is 0 Å². The first-order valence-corrected chi connectivity index (χ1v) is 12.2. The van der Waals surface area contributed by atoms with E-state index in [-0.39, 0.29) is 25.1 Å². The molecule has 0 aliphatic rings. The van der Waals surface area contributed by atoms with Crippen molar-refractivity contribution in [3.05, 3.63) is 0 Å². The van der Waals surface area contributed by atoms with Crippen LogP contribution in [0.1, 0.15) is 78.1 Å². The fourth-order valence-electron chi connectivity index (χ4n) is 3.05. The lowest BCUT2D eigenvalue weighted by Crippen LogP contribution is -2.29. The van der Waals surface area contributed by atoms with Gasteiger partial charge in [0.2, 0.25) is 0 Å². The van der Waals surface area contributed by atoms with Crippen molar-refractivity contribution in [2.75, 3.05) is 39.5 Å². The molecule has 10 heteroatoms. The minimum atomic E-state index is -1.06. The average molecular weight is 477 g/mol. The van der Waals surface area contributed by atoms with Crippen molar-refractivity contribution in [1.29, 1.82) is 0 Å². The topological polar surface area (TPSA) is 143 Å². The molecule has 0 radical (unpaired) electrons. The van der Waals surface area contributed by atoms with Crippen molar-refractivity contribution in [2.24, 2.45) is 5.92 Å². The molecular formula is C23H44N2O8. The Morgan fingerprint density at radius 3 is 1.79 bits per heavy atom. The molecule has 0 aliphatic heterocycles. The number of amides is 2. The van der Waals surface area contributed by atoms with Gasteiger partial charge in [-0.2, -0.15) is 0 Å². The summed E-state index contributed by atoms with van der Waals surface area (Å²) in [6.07, 6.45) is 6.16. The molecule has 0 fully saturated rings. The Balaban J connectivity index is 3.51. The zero-order valence-corrected chi connectivity index (χ0v) is 20.3. The maximum absolute atomic E-state index is 12.0. The van der Waals surface area contributed by atoms with Crippen LogP contribution in [0.3, 0.4) is 0 Å². The molecule has 0 aromatic heterocycles. The zero-order chi connectivity index (χ0) is 24.7. The fraction of sp³-hybridized carbons (Fsp3) is 0.870. The number of aliphatic hydroxyl groups is 2. The van der Waals surface area contributed by atoms with Gasteiger partial charge in [-0.1, -0.05) is 39.5 Å². The first kappa shape index (κ1) is 30.9. The van der Waals surface area contributed by atoms with Gasteiger partial charge >= 0.3 is 18.2 Å². The molecule has 0 aromatic rings. The van der Waals surface area contributed by atoms with Gasteiger partial charge in [0.15, 0.2) is 0 Å². The van der Waals surface area contributed by atoms with Crippen LogP contribution in [0.2, 0.25) is 0 Å². The lowest BCUT2D eigenvalue weighted by Gasteiger charge is -2.14. The third-order valence-corrected chi connectivity index (χ3v) is 4.88. The number of aliphatic hydroxyl groups excluding tert-OH is 2. The minimum Gasteiger partial charge on any atom is -0.465 e. The van der Waals surface area contributed by atoms with E-state index in [0.717, 1.165) is 51.4 Å². The largest absolute Gasteiger partial charge is 0.465 e. The highest BCUT2D eigenvalue weighted by Gasteiger charge is 2.17. The number of hydrogen-bond donors (Lipinski definition) is 4. The molecule has 33 heavy (non-hydrogen) atoms. The molecule has 1 atom stereocenters. The maximum Gasteiger partial charge on any atom is 0.407 e. The molecule has 4 N–H and O–H groups in total. The second kappa shape index (κ2) is 21.8. The molecule has 2 amide bonds. The molecule has 0 spiro atoms. The van der Waals surface area contributed by atoms with Crippen molar-refractivity contribution < 1.29 is 38.8 Å². The Morgan fingerprint density at radius 2 is 1.27 bits per heavy atom. The van der Waals surface area contributed by atoms with E-state index in [1.165, 1.54) is 0 Å². The molecule has 0 saturated carbocycles. The number of hydrogen-bond acceptors (Lipinski definition) is 8. The van der Waals surface area contributed by atoms with Crippen molar-refractivity contribution in [2.45, 2.75) is 84.2 Å². The Labute approximate surface area is 197 Å². The monoisotopic (exact) mass is 476 g/mol. The van der Waals surface area contributed by atoms with E-state index < -0.39 is 24.9 Å². The lowest BCUT2D eigenvalue weighted by molar-refractivity contribution is -0.149. The Morgan fingerprint density at radius 1 is 0.758 bits per heavy atom. The highest BCUT2D eigenvalue weighted by atomic mass is 16.6. The predicted octanol–water partition coefficient (Wildman–Crippen LogP) is 2.89. The van der Waals surface area contributed by atoms with Gasteiger partial charge in [0.05, 0.1) is 25.7 Å². The Kier molecular flexibility index (Phi) is 20.4. The first-order chi connectivity index (χ1) is 15.9. The standard InChI is InChI=1S/C23H44N2O8/c1-3-11-19(12-4-2)21(28)31-15-9-10-16-32-22(29)24-13-7-5-6-8-14-25-23(30)33-18-20(27)17-26/h19-20,26-27H,3-18H2,1-2H3,(H,24,29)(H,25,30). The summed E-state index contributed by atoms with van der Waals surface area (Å²) in [5.74, 6) is -0.127. The highest BCUT2D eigenvalue weighted by Crippen LogP contribution is 2.15. The van der Waals surface area contributed by atoms with Gasteiger partial charge in [-0.3, -0.25) is 4.79 Å². The maximum atomic E-state index is 12.0. The van der Waals surface area contributed by atoms with Crippen molar-refractivity contribution in [3.63, 3.8) is 0 Å². The van der Waals surface area contributed by atoms with E-state index in [1.807, 2.05) is 0 Å². The van der Waals surface area contributed by atoms with Crippen molar-refractivity contribution in [1.82, 2.24) is 10.6 Å². The summed E-state index contributed by atoms with van der Waals surface area (Å²) in [6, 6.07) is 0. The normalized spacial score (nSPS) is 11.7. The second-order valence-corrected chi connectivity index (χ2v) is 7.99.